The number of hydrogen-bond donors (Lipinski definition) is 1. The Morgan fingerprint density at radius 3 is 2.69 bits per heavy atom. The first kappa shape index (κ1) is 18.0. The lowest BCUT2D eigenvalue weighted by molar-refractivity contribution is 0.305. The van der Waals surface area contributed by atoms with Crippen molar-refractivity contribution >= 4 is 10.9 Å². The molecule has 1 atom stereocenters. The van der Waals surface area contributed by atoms with E-state index in [0.717, 1.165) is 41.6 Å². The summed E-state index contributed by atoms with van der Waals surface area (Å²) in [5, 5.41) is 1.09. The molecule has 1 unspecified atom stereocenters. The number of aromatic nitrogens is 1. The molecule has 0 saturated carbocycles. The number of hydrogen-bond acceptors (Lipinski definition) is 2. The van der Waals surface area contributed by atoms with Crippen molar-refractivity contribution in [3.05, 3.63) is 60.5 Å². The normalized spacial score (nSPS) is 11.8. The SMILES string of the molecule is CC#CC(N)CCCCOc1ccc2c(ccn2-c2ccc(F)cc2)c1. The number of unbranched alkanes of at least 4 members (excludes halogenated alkanes) is 1. The van der Waals surface area contributed by atoms with Gasteiger partial charge in [0.15, 0.2) is 0 Å². The Morgan fingerprint density at radius 1 is 1.12 bits per heavy atom. The Labute approximate surface area is 153 Å². The lowest BCUT2D eigenvalue weighted by Crippen LogP contribution is -2.17. The largest absolute Gasteiger partial charge is 0.494 e. The first-order chi connectivity index (χ1) is 12.7. The predicted octanol–water partition coefficient (Wildman–Crippen LogP) is 4.67. The average Bonchev–Trinajstić information content (AvgIpc) is 3.05. The van der Waals surface area contributed by atoms with E-state index < -0.39 is 0 Å². The molecule has 3 rings (SSSR count). The maximum absolute atomic E-state index is 13.1. The third-order valence-corrected chi connectivity index (χ3v) is 4.27. The summed E-state index contributed by atoms with van der Waals surface area (Å²) in [6, 6.07) is 14.5. The van der Waals surface area contributed by atoms with Crippen molar-refractivity contribution in [2.24, 2.45) is 5.73 Å². The summed E-state index contributed by atoms with van der Waals surface area (Å²) < 4.78 is 21.0. The van der Waals surface area contributed by atoms with Crippen LogP contribution < -0.4 is 10.5 Å². The molecule has 0 aliphatic rings. The third-order valence-electron chi connectivity index (χ3n) is 4.27. The Morgan fingerprint density at radius 2 is 1.92 bits per heavy atom. The maximum atomic E-state index is 13.1. The van der Waals surface area contributed by atoms with Crippen LogP contribution in [0.5, 0.6) is 5.75 Å². The smallest absolute Gasteiger partial charge is 0.123 e. The van der Waals surface area contributed by atoms with Gasteiger partial charge in [0.05, 0.1) is 18.2 Å². The second kappa shape index (κ2) is 8.55. The zero-order valence-corrected chi connectivity index (χ0v) is 14.9. The number of halogens is 1. The van der Waals surface area contributed by atoms with Crippen LogP contribution in [0.15, 0.2) is 54.7 Å². The van der Waals surface area contributed by atoms with E-state index in [1.807, 2.05) is 42.0 Å². The second-order valence-electron chi connectivity index (χ2n) is 6.23. The van der Waals surface area contributed by atoms with Gasteiger partial charge in [0.1, 0.15) is 11.6 Å². The molecule has 3 aromatic rings. The van der Waals surface area contributed by atoms with Gasteiger partial charge >= 0.3 is 0 Å². The van der Waals surface area contributed by atoms with Crippen LogP contribution in [-0.4, -0.2) is 17.2 Å². The highest BCUT2D eigenvalue weighted by Crippen LogP contribution is 2.25. The van der Waals surface area contributed by atoms with E-state index in [4.69, 9.17) is 10.5 Å². The number of fused-ring (bicyclic) bond motifs is 1. The van der Waals surface area contributed by atoms with Gasteiger partial charge in [-0.3, -0.25) is 0 Å². The molecular formula is C22H23FN2O. The summed E-state index contributed by atoms with van der Waals surface area (Å²) in [6.45, 7) is 2.47. The van der Waals surface area contributed by atoms with E-state index in [-0.39, 0.29) is 11.9 Å². The van der Waals surface area contributed by atoms with Crippen molar-refractivity contribution in [2.75, 3.05) is 6.61 Å². The van der Waals surface area contributed by atoms with Gasteiger partial charge in [0.2, 0.25) is 0 Å². The van der Waals surface area contributed by atoms with Gasteiger partial charge in [-0.1, -0.05) is 5.92 Å². The quantitative estimate of drug-likeness (QED) is 0.497. The van der Waals surface area contributed by atoms with Crippen LogP contribution in [0.4, 0.5) is 4.39 Å². The molecule has 0 aliphatic heterocycles. The molecule has 26 heavy (non-hydrogen) atoms. The maximum Gasteiger partial charge on any atom is 0.123 e. The first-order valence-electron chi connectivity index (χ1n) is 8.85. The fourth-order valence-corrected chi connectivity index (χ4v) is 2.95. The van der Waals surface area contributed by atoms with E-state index >= 15 is 0 Å². The highest BCUT2D eigenvalue weighted by atomic mass is 19.1. The molecule has 0 aliphatic carbocycles. The molecule has 0 fully saturated rings. The van der Waals surface area contributed by atoms with Gasteiger partial charge in [0, 0.05) is 17.3 Å². The van der Waals surface area contributed by atoms with Crippen molar-refractivity contribution in [3.63, 3.8) is 0 Å². The summed E-state index contributed by atoms with van der Waals surface area (Å²) in [4.78, 5) is 0. The molecule has 2 N–H and O–H groups in total. The van der Waals surface area contributed by atoms with Crippen molar-refractivity contribution < 1.29 is 9.13 Å². The Hall–Kier alpha value is -2.77. The molecule has 1 heterocycles. The molecule has 0 bridgehead atoms. The van der Waals surface area contributed by atoms with Crippen molar-refractivity contribution in [1.82, 2.24) is 4.57 Å². The summed E-state index contributed by atoms with van der Waals surface area (Å²) in [5.41, 5.74) is 7.86. The number of ether oxygens (including phenoxy) is 1. The number of nitrogens with zero attached hydrogens (tertiary/aromatic N) is 1. The number of rotatable bonds is 7. The van der Waals surface area contributed by atoms with Gasteiger partial charge in [-0.15, -0.1) is 5.92 Å². The van der Waals surface area contributed by atoms with Crippen LogP contribution in [0, 0.1) is 17.7 Å². The van der Waals surface area contributed by atoms with E-state index in [9.17, 15) is 4.39 Å². The van der Waals surface area contributed by atoms with Gasteiger partial charge in [0.25, 0.3) is 0 Å². The second-order valence-corrected chi connectivity index (χ2v) is 6.23. The summed E-state index contributed by atoms with van der Waals surface area (Å²) in [7, 11) is 0. The average molecular weight is 350 g/mol. The Bertz CT molecular complexity index is 919. The zero-order valence-electron chi connectivity index (χ0n) is 14.9. The van der Waals surface area contributed by atoms with Gasteiger partial charge in [-0.05, 0) is 74.7 Å². The molecule has 3 nitrogen and oxygen atoms in total. The monoisotopic (exact) mass is 350 g/mol. The fourth-order valence-electron chi connectivity index (χ4n) is 2.95. The Balaban J connectivity index is 1.60. The standard InChI is InChI=1S/C22H23FN2O/c1-2-5-19(24)6-3-4-15-26-21-11-12-22-17(16-21)13-14-25(22)20-9-7-18(23)8-10-20/h7-14,16,19H,3-4,6,15,24H2,1H3. The number of benzene rings is 2. The third kappa shape index (κ3) is 4.44. The lowest BCUT2D eigenvalue weighted by atomic mass is 10.1. The molecule has 1 aromatic heterocycles. The van der Waals surface area contributed by atoms with E-state index in [1.54, 1.807) is 12.1 Å². The van der Waals surface area contributed by atoms with E-state index in [1.165, 1.54) is 12.1 Å². The lowest BCUT2D eigenvalue weighted by Gasteiger charge is -2.09. The molecule has 134 valence electrons. The zero-order chi connectivity index (χ0) is 18.4. The summed E-state index contributed by atoms with van der Waals surface area (Å²) in [5.74, 6) is 6.42. The number of nitrogens with two attached hydrogens (primary N) is 1. The van der Waals surface area contributed by atoms with Gasteiger partial charge in [-0.2, -0.15) is 0 Å². The minimum atomic E-state index is -0.233. The fraction of sp³-hybridized carbons (Fsp3) is 0.273. The first-order valence-corrected chi connectivity index (χ1v) is 8.85. The van der Waals surface area contributed by atoms with Crippen LogP contribution in [0.2, 0.25) is 0 Å². The van der Waals surface area contributed by atoms with Crippen LogP contribution in [0.3, 0.4) is 0 Å². The van der Waals surface area contributed by atoms with Crippen LogP contribution in [-0.2, 0) is 0 Å². The molecule has 4 heteroatoms. The predicted molar refractivity (Wildman–Crippen MR) is 104 cm³/mol. The van der Waals surface area contributed by atoms with Crippen LogP contribution >= 0.6 is 0 Å². The molecule has 2 aromatic carbocycles. The van der Waals surface area contributed by atoms with Gasteiger partial charge < -0.3 is 15.0 Å². The Kier molecular flexibility index (Phi) is 5.93. The minimum Gasteiger partial charge on any atom is -0.494 e. The van der Waals surface area contributed by atoms with Crippen LogP contribution in [0.1, 0.15) is 26.2 Å². The molecular weight excluding hydrogens is 327 g/mol. The van der Waals surface area contributed by atoms with Crippen molar-refractivity contribution in [1.29, 1.82) is 0 Å². The van der Waals surface area contributed by atoms with Gasteiger partial charge in [-0.25, -0.2) is 4.39 Å². The van der Waals surface area contributed by atoms with Crippen LogP contribution in [0.25, 0.3) is 16.6 Å². The molecule has 0 amide bonds. The van der Waals surface area contributed by atoms with E-state index in [2.05, 4.69) is 11.8 Å². The minimum absolute atomic E-state index is 0.0393. The molecule has 0 radical (unpaired) electrons. The van der Waals surface area contributed by atoms with E-state index in [0.29, 0.717) is 6.61 Å². The van der Waals surface area contributed by atoms with Crippen molar-refractivity contribution in [2.45, 2.75) is 32.2 Å². The summed E-state index contributed by atoms with van der Waals surface area (Å²) in [6.07, 6.45) is 4.83. The highest BCUT2D eigenvalue weighted by Gasteiger charge is 2.05. The molecule has 0 saturated heterocycles. The summed E-state index contributed by atoms with van der Waals surface area (Å²) >= 11 is 0. The highest BCUT2D eigenvalue weighted by molar-refractivity contribution is 5.83. The topological polar surface area (TPSA) is 40.2 Å². The molecule has 0 spiro atoms. The van der Waals surface area contributed by atoms with Crippen molar-refractivity contribution in [3.8, 4) is 23.3 Å².